The molecule has 0 aromatic carbocycles. The lowest BCUT2D eigenvalue weighted by atomic mass is 10.3. The molecule has 1 saturated heterocycles. The van der Waals surface area contributed by atoms with Crippen molar-refractivity contribution in [2.75, 3.05) is 20.3 Å². The lowest BCUT2D eigenvalue weighted by Gasteiger charge is -2.25. The van der Waals surface area contributed by atoms with Crippen LogP contribution in [-0.2, 0) is 4.74 Å². The minimum atomic E-state index is -0.00169. The van der Waals surface area contributed by atoms with Crippen molar-refractivity contribution in [2.24, 2.45) is 0 Å². The summed E-state index contributed by atoms with van der Waals surface area (Å²) in [6, 6.07) is 0.301. The molecule has 0 unspecified atom stereocenters. The number of aromatic nitrogens is 3. The van der Waals surface area contributed by atoms with E-state index in [1.165, 1.54) is 7.11 Å². The predicted octanol–water partition coefficient (Wildman–Crippen LogP) is 0.311. The first-order valence-corrected chi connectivity index (χ1v) is 4.35. The van der Waals surface area contributed by atoms with E-state index in [4.69, 9.17) is 25.8 Å². The van der Waals surface area contributed by atoms with Gasteiger partial charge in [0.05, 0.1) is 20.3 Å². The minimum absolute atomic E-state index is 0.00169. The van der Waals surface area contributed by atoms with Crippen LogP contribution in [0, 0.1) is 0 Å². The molecule has 76 valence electrons. The molecule has 1 aromatic rings. The zero-order valence-electron chi connectivity index (χ0n) is 7.44. The summed E-state index contributed by atoms with van der Waals surface area (Å²) in [5.74, 6) is 0. The molecular weight excluding hydrogens is 210 g/mol. The fraction of sp³-hybridized carbons (Fsp3) is 0.571. The van der Waals surface area contributed by atoms with Gasteiger partial charge < -0.3 is 14.2 Å². The molecule has 1 aromatic heterocycles. The monoisotopic (exact) mass is 217 g/mol. The maximum Gasteiger partial charge on any atom is 0.324 e. The first-order valence-electron chi connectivity index (χ1n) is 3.98. The molecule has 14 heavy (non-hydrogen) atoms. The number of halogens is 1. The largest absolute Gasteiger partial charge is 0.467 e. The predicted molar refractivity (Wildman–Crippen MR) is 46.6 cm³/mol. The van der Waals surface area contributed by atoms with Crippen molar-refractivity contribution < 1.29 is 14.2 Å². The van der Waals surface area contributed by atoms with Crippen molar-refractivity contribution in [1.29, 1.82) is 0 Å². The van der Waals surface area contributed by atoms with E-state index in [1.54, 1.807) is 0 Å². The Morgan fingerprint density at radius 3 is 2.57 bits per heavy atom. The zero-order chi connectivity index (χ0) is 9.97. The summed E-state index contributed by atoms with van der Waals surface area (Å²) in [6.07, 6.45) is -0.00169. The maximum atomic E-state index is 5.62. The van der Waals surface area contributed by atoms with Crippen molar-refractivity contribution in [1.82, 2.24) is 15.0 Å². The first-order chi connectivity index (χ1) is 6.78. The van der Waals surface area contributed by atoms with Crippen molar-refractivity contribution in [3.63, 3.8) is 0 Å². The van der Waals surface area contributed by atoms with Crippen LogP contribution in [0.2, 0.25) is 5.28 Å². The normalized spacial score (nSPS) is 16.1. The van der Waals surface area contributed by atoms with Gasteiger partial charge in [0.1, 0.15) is 6.10 Å². The molecule has 1 aliphatic heterocycles. The Bertz CT molecular complexity index is 332. The quantitative estimate of drug-likeness (QED) is 0.726. The van der Waals surface area contributed by atoms with Gasteiger partial charge in [-0.05, 0) is 11.6 Å². The van der Waals surface area contributed by atoms with Crippen molar-refractivity contribution in [3.8, 4) is 12.0 Å². The molecule has 0 bridgehead atoms. The molecule has 0 saturated carbocycles. The Balaban J connectivity index is 2.11. The first kappa shape index (κ1) is 9.42. The van der Waals surface area contributed by atoms with Crippen molar-refractivity contribution in [2.45, 2.75) is 6.10 Å². The minimum Gasteiger partial charge on any atom is -0.467 e. The molecule has 1 fully saturated rings. The lowest BCUT2D eigenvalue weighted by molar-refractivity contribution is -0.0833. The Morgan fingerprint density at radius 2 is 2.00 bits per heavy atom. The van der Waals surface area contributed by atoms with Gasteiger partial charge in [0.15, 0.2) is 0 Å². The molecule has 2 rings (SSSR count). The van der Waals surface area contributed by atoms with E-state index in [0.717, 1.165) is 0 Å². The summed E-state index contributed by atoms with van der Waals surface area (Å²) in [7, 11) is 1.45. The highest BCUT2D eigenvalue weighted by Crippen LogP contribution is 2.15. The topological polar surface area (TPSA) is 66.4 Å². The van der Waals surface area contributed by atoms with Crippen LogP contribution in [0.1, 0.15) is 0 Å². The molecule has 7 heteroatoms. The van der Waals surface area contributed by atoms with Gasteiger partial charge in [-0.2, -0.15) is 9.97 Å². The van der Waals surface area contributed by atoms with E-state index >= 15 is 0 Å². The van der Waals surface area contributed by atoms with Crippen LogP contribution in [0.5, 0.6) is 12.0 Å². The number of methoxy groups -OCH3 is 1. The molecule has 0 aliphatic carbocycles. The number of ether oxygens (including phenoxy) is 3. The van der Waals surface area contributed by atoms with Gasteiger partial charge in [0, 0.05) is 0 Å². The fourth-order valence-corrected chi connectivity index (χ4v) is 1.03. The second-order valence-electron chi connectivity index (χ2n) is 2.65. The molecule has 0 spiro atoms. The van der Waals surface area contributed by atoms with E-state index in [1.807, 2.05) is 0 Å². The third-order valence-corrected chi connectivity index (χ3v) is 1.80. The molecular formula is C7H8ClN3O3. The van der Waals surface area contributed by atoms with E-state index in [-0.39, 0.29) is 23.4 Å². The highest BCUT2D eigenvalue weighted by Gasteiger charge is 2.22. The maximum absolute atomic E-state index is 5.62. The SMILES string of the molecule is COc1nc(Cl)nc(OC2COC2)n1. The Kier molecular flexibility index (Phi) is 2.64. The molecule has 0 N–H and O–H groups in total. The van der Waals surface area contributed by atoms with Crippen LogP contribution in [-0.4, -0.2) is 41.4 Å². The summed E-state index contributed by atoms with van der Waals surface area (Å²) < 4.78 is 15.1. The van der Waals surface area contributed by atoms with Gasteiger partial charge in [0.25, 0.3) is 0 Å². The molecule has 2 heterocycles. The van der Waals surface area contributed by atoms with Crippen LogP contribution in [0.25, 0.3) is 0 Å². The zero-order valence-corrected chi connectivity index (χ0v) is 8.19. The molecule has 6 nitrogen and oxygen atoms in total. The number of hydrogen-bond donors (Lipinski definition) is 0. The summed E-state index contributed by atoms with van der Waals surface area (Å²) >= 11 is 5.62. The number of rotatable bonds is 3. The van der Waals surface area contributed by atoms with Crippen molar-refractivity contribution in [3.05, 3.63) is 5.28 Å². The van der Waals surface area contributed by atoms with Gasteiger partial charge in [-0.3, -0.25) is 0 Å². The fourth-order valence-electron chi connectivity index (χ4n) is 0.890. The van der Waals surface area contributed by atoms with Crippen LogP contribution in [0.3, 0.4) is 0 Å². The second-order valence-corrected chi connectivity index (χ2v) is 2.99. The molecule has 0 atom stereocenters. The van der Waals surface area contributed by atoms with E-state index in [0.29, 0.717) is 13.2 Å². The Morgan fingerprint density at radius 1 is 1.29 bits per heavy atom. The van der Waals surface area contributed by atoms with E-state index < -0.39 is 0 Å². The van der Waals surface area contributed by atoms with Crippen LogP contribution < -0.4 is 9.47 Å². The average Bonchev–Trinajstić information content (AvgIpc) is 2.10. The second kappa shape index (κ2) is 3.93. The van der Waals surface area contributed by atoms with Gasteiger partial charge in [-0.15, -0.1) is 4.98 Å². The lowest BCUT2D eigenvalue weighted by Crippen LogP contribution is -2.39. The summed E-state index contributed by atoms with van der Waals surface area (Å²) in [5, 5.41) is 0.0482. The van der Waals surface area contributed by atoms with Gasteiger partial charge in [-0.25, -0.2) is 0 Å². The Hall–Kier alpha value is -1.14. The third-order valence-electron chi connectivity index (χ3n) is 1.63. The summed E-state index contributed by atoms with van der Waals surface area (Å²) in [6.45, 7) is 1.09. The third kappa shape index (κ3) is 2.02. The molecule has 0 radical (unpaired) electrons. The van der Waals surface area contributed by atoms with E-state index in [9.17, 15) is 0 Å². The Labute approximate surface area is 85.2 Å². The summed E-state index contributed by atoms with van der Waals surface area (Å²) in [5.41, 5.74) is 0. The molecule has 0 amide bonds. The van der Waals surface area contributed by atoms with Gasteiger partial charge >= 0.3 is 12.0 Å². The van der Waals surface area contributed by atoms with Crippen LogP contribution in [0.15, 0.2) is 0 Å². The average molecular weight is 218 g/mol. The van der Waals surface area contributed by atoms with Crippen LogP contribution in [0.4, 0.5) is 0 Å². The number of hydrogen-bond acceptors (Lipinski definition) is 6. The molecule has 1 aliphatic rings. The van der Waals surface area contributed by atoms with Crippen LogP contribution >= 0.6 is 11.6 Å². The van der Waals surface area contributed by atoms with Gasteiger partial charge in [-0.1, -0.05) is 0 Å². The van der Waals surface area contributed by atoms with Gasteiger partial charge in [0.2, 0.25) is 5.28 Å². The summed E-state index contributed by atoms with van der Waals surface area (Å²) in [4.78, 5) is 11.4. The number of nitrogens with zero attached hydrogens (tertiary/aromatic N) is 3. The highest BCUT2D eigenvalue weighted by atomic mass is 35.5. The van der Waals surface area contributed by atoms with Crippen molar-refractivity contribution >= 4 is 11.6 Å². The van der Waals surface area contributed by atoms with E-state index in [2.05, 4.69) is 15.0 Å². The standard InChI is InChI=1S/C7H8ClN3O3/c1-12-6-9-5(8)10-7(11-6)14-4-2-13-3-4/h4H,2-3H2,1H3. The smallest absolute Gasteiger partial charge is 0.324 e. The highest BCUT2D eigenvalue weighted by molar-refractivity contribution is 6.28.